The lowest BCUT2D eigenvalue weighted by atomic mass is 10.2. The molecule has 0 aromatic heterocycles. The molecule has 0 aliphatic heterocycles. The molecule has 0 N–H and O–H groups in total. The fraction of sp³-hybridized carbons (Fsp3) is 0.143. The van der Waals surface area contributed by atoms with Gasteiger partial charge in [-0.15, -0.1) is 0 Å². The van der Waals surface area contributed by atoms with E-state index in [-0.39, 0.29) is 12.4 Å². The van der Waals surface area contributed by atoms with Gasteiger partial charge in [-0.1, -0.05) is 36.4 Å². The molecule has 0 atom stereocenters. The van der Waals surface area contributed by atoms with Crippen LogP contribution in [-0.2, 0) is 12.8 Å². The molecule has 0 amide bonds. The number of alkyl halides is 3. The van der Waals surface area contributed by atoms with Crippen LogP contribution in [0, 0.1) is 6.07 Å². The molecule has 18 heavy (non-hydrogen) atoms. The molecule has 0 aliphatic rings. The van der Waals surface area contributed by atoms with E-state index >= 15 is 0 Å². The second-order valence-electron chi connectivity index (χ2n) is 3.69. The van der Waals surface area contributed by atoms with Gasteiger partial charge in [-0.2, -0.15) is 13.2 Å². The summed E-state index contributed by atoms with van der Waals surface area (Å²) in [5.41, 5.74) is 0.0133. The molecule has 2 aromatic rings. The maximum Gasteiger partial charge on any atom is 0.419 e. The summed E-state index contributed by atoms with van der Waals surface area (Å²) in [5, 5.41) is 0. The largest absolute Gasteiger partial charge is 0.488 e. The van der Waals surface area contributed by atoms with Crippen molar-refractivity contribution in [3.05, 3.63) is 65.7 Å². The van der Waals surface area contributed by atoms with Gasteiger partial charge in [0.25, 0.3) is 0 Å². The highest BCUT2D eigenvalue weighted by Gasteiger charge is 2.34. The molecule has 1 radical (unpaired) electrons. The number of hydrogen-bond acceptors (Lipinski definition) is 1. The number of benzene rings is 2. The number of rotatable bonds is 3. The minimum atomic E-state index is -4.43. The van der Waals surface area contributed by atoms with Crippen molar-refractivity contribution >= 4 is 0 Å². The van der Waals surface area contributed by atoms with Crippen LogP contribution >= 0.6 is 0 Å². The van der Waals surface area contributed by atoms with Gasteiger partial charge in [-0.25, -0.2) is 0 Å². The van der Waals surface area contributed by atoms with Crippen LogP contribution in [0.3, 0.4) is 0 Å². The zero-order valence-corrected chi connectivity index (χ0v) is 9.37. The fourth-order valence-electron chi connectivity index (χ4n) is 1.50. The maximum absolute atomic E-state index is 12.7. The Kier molecular flexibility index (Phi) is 3.55. The van der Waals surface area contributed by atoms with Gasteiger partial charge in [-0.3, -0.25) is 0 Å². The second-order valence-corrected chi connectivity index (χ2v) is 3.69. The van der Waals surface area contributed by atoms with Crippen molar-refractivity contribution in [1.29, 1.82) is 0 Å². The molecule has 2 rings (SSSR count). The Hall–Kier alpha value is -1.97. The van der Waals surface area contributed by atoms with Crippen molar-refractivity contribution in [2.24, 2.45) is 0 Å². The summed E-state index contributed by atoms with van der Waals surface area (Å²) in [6.45, 7) is 0.105. The van der Waals surface area contributed by atoms with E-state index in [9.17, 15) is 13.2 Å². The number of ether oxygens (including phenoxy) is 1. The van der Waals surface area contributed by atoms with Crippen molar-refractivity contribution in [3.63, 3.8) is 0 Å². The van der Waals surface area contributed by atoms with Crippen molar-refractivity contribution in [1.82, 2.24) is 0 Å². The van der Waals surface area contributed by atoms with Gasteiger partial charge in [0, 0.05) is 0 Å². The van der Waals surface area contributed by atoms with E-state index < -0.39 is 11.7 Å². The molecule has 2 aromatic carbocycles. The molecule has 0 spiro atoms. The Balaban J connectivity index is 2.15. The van der Waals surface area contributed by atoms with Gasteiger partial charge < -0.3 is 4.74 Å². The molecule has 0 unspecified atom stereocenters. The molecule has 0 heterocycles. The Labute approximate surface area is 103 Å². The van der Waals surface area contributed by atoms with E-state index in [0.717, 1.165) is 11.6 Å². The summed E-state index contributed by atoms with van der Waals surface area (Å²) in [6, 6.07) is 15.0. The van der Waals surface area contributed by atoms with Crippen LogP contribution in [0.4, 0.5) is 13.2 Å². The van der Waals surface area contributed by atoms with E-state index in [1.807, 2.05) is 18.2 Å². The van der Waals surface area contributed by atoms with E-state index in [1.165, 1.54) is 12.1 Å². The minimum absolute atomic E-state index is 0.105. The average Bonchev–Trinajstić information content (AvgIpc) is 2.37. The monoisotopic (exact) mass is 251 g/mol. The van der Waals surface area contributed by atoms with Crippen LogP contribution in [0.2, 0.25) is 0 Å². The lowest BCUT2D eigenvalue weighted by molar-refractivity contribution is -0.139. The first-order valence-corrected chi connectivity index (χ1v) is 5.31. The summed E-state index contributed by atoms with van der Waals surface area (Å²) in [7, 11) is 0. The van der Waals surface area contributed by atoms with Crippen LogP contribution in [-0.4, -0.2) is 0 Å². The Bertz CT molecular complexity index is 506. The molecular weight excluding hydrogens is 241 g/mol. The number of hydrogen-bond donors (Lipinski definition) is 0. The van der Waals surface area contributed by atoms with Gasteiger partial charge >= 0.3 is 6.18 Å². The van der Waals surface area contributed by atoms with E-state index in [4.69, 9.17) is 4.74 Å². The zero-order chi connectivity index (χ0) is 13.0. The fourth-order valence-corrected chi connectivity index (χ4v) is 1.50. The zero-order valence-electron chi connectivity index (χ0n) is 9.37. The summed E-state index contributed by atoms with van der Waals surface area (Å²) >= 11 is 0. The predicted octanol–water partition coefficient (Wildman–Crippen LogP) is 4.08. The quantitative estimate of drug-likeness (QED) is 0.798. The highest BCUT2D eigenvalue weighted by atomic mass is 19.4. The molecule has 93 valence electrons. The van der Waals surface area contributed by atoms with E-state index in [0.29, 0.717) is 0 Å². The normalized spacial score (nSPS) is 11.3. The lowest BCUT2D eigenvalue weighted by Gasteiger charge is -2.13. The molecular formula is C14H10F3O. The predicted molar refractivity (Wildman–Crippen MR) is 61.1 cm³/mol. The summed E-state index contributed by atoms with van der Waals surface area (Å²) < 4.78 is 43.2. The van der Waals surface area contributed by atoms with Gasteiger partial charge in [0.2, 0.25) is 0 Å². The third-order valence-corrected chi connectivity index (χ3v) is 2.37. The summed E-state index contributed by atoms with van der Waals surface area (Å²) in [6.07, 6.45) is -4.43. The third kappa shape index (κ3) is 3.03. The minimum Gasteiger partial charge on any atom is -0.488 e. The molecule has 0 bridgehead atoms. The van der Waals surface area contributed by atoms with Gasteiger partial charge in [-0.05, 0) is 23.8 Å². The topological polar surface area (TPSA) is 9.23 Å². The van der Waals surface area contributed by atoms with Gasteiger partial charge in [0.05, 0.1) is 5.56 Å². The molecule has 0 aliphatic carbocycles. The average molecular weight is 251 g/mol. The first-order chi connectivity index (χ1) is 8.57. The Morgan fingerprint density at radius 2 is 1.78 bits per heavy atom. The first-order valence-electron chi connectivity index (χ1n) is 5.31. The summed E-state index contributed by atoms with van der Waals surface area (Å²) in [5.74, 6) is -0.176. The Morgan fingerprint density at radius 3 is 2.44 bits per heavy atom. The Morgan fingerprint density at radius 1 is 1.06 bits per heavy atom. The van der Waals surface area contributed by atoms with Crippen LogP contribution < -0.4 is 4.74 Å². The number of halogens is 3. The molecule has 0 fully saturated rings. The molecule has 4 heteroatoms. The van der Waals surface area contributed by atoms with Gasteiger partial charge in [0.1, 0.15) is 12.4 Å². The smallest absolute Gasteiger partial charge is 0.419 e. The molecule has 0 saturated carbocycles. The summed E-state index contributed by atoms with van der Waals surface area (Å²) in [4.78, 5) is 0. The van der Waals surface area contributed by atoms with Crippen LogP contribution in [0.1, 0.15) is 11.1 Å². The first kappa shape index (κ1) is 12.5. The van der Waals surface area contributed by atoms with E-state index in [1.54, 1.807) is 12.1 Å². The van der Waals surface area contributed by atoms with Crippen molar-refractivity contribution < 1.29 is 17.9 Å². The van der Waals surface area contributed by atoms with Crippen molar-refractivity contribution in [3.8, 4) is 5.75 Å². The van der Waals surface area contributed by atoms with Crippen LogP contribution in [0.15, 0.2) is 48.5 Å². The SMILES string of the molecule is FC(F)(F)c1c[c]ccc1OCc1ccccc1. The standard InChI is InChI=1S/C14H10F3O/c15-14(16,17)12-8-4-5-9-13(12)18-10-11-6-2-1-3-7-11/h1-3,5-9H,10H2. The van der Waals surface area contributed by atoms with E-state index in [2.05, 4.69) is 6.07 Å². The molecule has 1 nitrogen and oxygen atoms in total. The van der Waals surface area contributed by atoms with Crippen molar-refractivity contribution in [2.75, 3.05) is 0 Å². The van der Waals surface area contributed by atoms with Crippen LogP contribution in [0.5, 0.6) is 5.75 Å². The molecule has 0 saturated heterocycles. The maximum atomic E-state index is 12.7. The highest BCUT2D eigenvalue weighted by molar-refractivity contribution is 5.35. The van der Waals surface area contributed by atoms with Crippen LogP contribution in [0.25, 0.3) is 0 Å². The third-order valence-electron chi connectivity index (χ3n) is 2.37. The highest BCUT2D eigenvalue weighted by Crippen LogP contribution is 2.35. The lowest BCUT2D eigenvalue weighted by Crippen LogP contribution is -2.08. The second kappa shape index (κ2) is 5.12. The van der Waals surface area contributed by atoms with Gasteiger partial charge in [0.15, 0.2) is 0 Å². The van der Waals surface area contributed by atoms with Crippen molar-refractivity contribution in [2.45, 2.75) is 12.8 Å².